The van der Waals surface area contributed by atoms with Gasteiger partial charge in [0.1, 0.15) is 5.82 Å². The molecule has 0 bridgehead atoms. The highest BCUT2D eigenvalue weighted by atomic mass is 19.1. The lowest BCUT2D eigenvalue weighted by Gasteiger charge is -2.18. The highest BCUT2D eigenvalue weighted by molar-refractivity contribution is 5.94. The number of aliphatic hydroxyl groups is 1. The molecule has 1 N–H and O–H groups in total. The molecular formula is C12H14F2N2O4. The van der Waals surface area contributed by atoms with Gasteiger partial charge in [0.15, 0.2) is 0 Å². The van der Waals surface area contributed by atoms with Gasteiger partial charge in [-0.15, -0.1) is 0 Å². The summed E-state index contributed by atoms with van der Waals surface area (Å²) in [5.74, 6) is -3.24. The molecule has 0 fully saturated rings. The second kappa shape index (κ2) is 6.38. The molecule has 1 aromatic rings. The average molecular weight is 288 g/mol. The van der Waals surface area contributed by atoms with Crippen molar-refractivity contribution in [1.29, 1.82) is 0 Å². The van der Waals surface area contributed by atoms with Crippen LogP contribution in [-0.2, 0) is 0 Å². The molecule has 1 unspecified atom stereocenters. The van der Waals surface area contributed by atoms with Crippen LogP contribution in [0.5, 0.6) is 0 Å². The quantitative estimate of drug-likeness (QED) is 0.660. The number of hydrogen-bond acceptors (Lipinski definition) is 4. The molecule has 0 aromatic heterocycles. The molecule has 8 heteroatoms. The lowest BCUT2D eigenvalue weighted by Crippen LogP contribution is -2.30. The number of carbonyl (C=O) groups excluding carboxylic acids is 1. The van der Waals surface area contributed by atoms with Crippen LogP contribution in [0.1, 0.15) is 23.7 Å². The summed E-state index contributed by atoms with van der Waals surface area (Å²) in [5.41, 5.74) is -1.60. The summed E-state index contributed by atoms with van der Waals surface area (Å²) in [6.07, 6.45) is -0.358. The van der Waals surface area contributed by atoms with Crippen molar-refractivity contribution in [3.63, 3.8) is 0 Å². The van der Waals surface area contributed by atoms with Crippen LogP contribution in [0.4, 0.5) is 14.5 Å². The second-order valence-electron chi connectivity index (χ2n) is 4.40. The summed E-state index contributed by atoms with van der Waals surface area (Å²) >= 11 is 0. The highest BCUT2D eigenvalue weighted by Crippen LogP contribution is 2.22. The van der Waals surface area contributed by atoms with Crippen molar-refractivity contribution in [2.24, 2.45) is 0 Å². The third-order valence-corrected chi connectivity index (χ3v) is 2.69. The molecule has 0 saturated carbocycles. The maximum absolute atomic E-state index is 13.6. The molecule has 1 atom stereocenters. The highest BCUT2D eigenvalue weighted by Gasteiger charge is 2.23. The zero-order valence-electron chi connectivity index (χ0n) is 11.0. The monoisotopic (exact) mass is 288 g/mol. The minimum absolute atomic E-state index is 0.147. The summed E-state index contributed by atoms with van der Waals surface area (Å²) in [6.45, 7) is 1.68. The topological polar surface area (TPSA) is 83.7 Å². The Morgan fingerprint density at radius 2 is 2.05 bits per heavy atom. The van der Waals surface area contributed by atoms with Gasteiger partial charge in [0.2, 0.25) is 5.82 Å². The molecule has 0 aliphatic carbocycles. The van der Waals surface area contributed by atoms with E-state index < -0.39 is 39.8 Å². The van der Waals surface area contributed by atoms with Crippen LogP contribution in [-0.4, -0.2) is 40.5 Å². The number of nitro benzene ring substituents is 1. The van der Waals surface area contributed by atoms with Gasteiger partial charge in [0.25, 0.3) is 5.91 Å². The van der Waals surface area contributed by atoms with Gasteiger partial charge >= 0.3 is 5.69 Å². The summed E-state index contributed by atoms with van der Waals surface area (Å²) in [4.78, 5) is 22.4. The van der Waals surface area contributed by atoms with Gasteiger partial charge in [0.05, 0.1) is 22.7 Å². The standard InChI is InChI=1S/C12H14F2N2O4/c1-7(17)3-4-15(2)12(18)8-5-10(14)11(16(19)20)6-9(8)13/h5-7,17H,3-4H2,1-2H3. The van der Waals surface area contributed by atoms with Crippen LogP contribution in [0.3, 0.4) is 0 Å². The first-order valence-corrected chi connectivity index (χ1v) is 5.81. The molecule has 0 heterocycles. The number of hydrogen-bond donors (Lipinski definition) is 1. The zero-order valence-corrected chi connectivity index (χ0v) is 11.0. The van der Waals surface area contributed by atoms with Crippen LogP contribution in [0.15, 0.2) is 12.1 Å². The molecule has 110 valence electrons. The van der Waals surface area contributed by atoms with E-state index in [4.69, 9.17) is 5.11 Å². The number of aliphatic hydroxyl groups excluding tert-OH is 1. The number of carbonyl (C=O) groups is 1. The van der Waals surface area contributed by atoms with Crippen LogP contribution < -0.4 is 0 Å². The molecule has 1 amide bonds. The minimum Gasteiger partial charge on any atom is -0.393 e. The van der Waals surface area contributed by atoms with Crippen LogP contribution in [0, 0.1) is 21.7 Å². The van der Waals surface area contributed by atoms with Crippen molar-refractivity contribution in [1.82, 2.24) is 4.90 Å². The number of nitrogens with zero attached hydrogens (tertiary/aromatic N) is 2. The summed E-state index contributed by atoms with van der Waals surface area (Å²) in [6, 6.07) is 0.889. The van der Waals surface area contributed by atoms with Gasteiger partial charge in [-0.1, -0.05) is 0 Å². The van der Waals surface area contributed by atoms with E-state index in [9.17, 15) is 23.7 Å². The Hall–Kier alpha value is -2.09. The van der Waals surface area contributed by atoms with E-state index in [-0.39, 0.29) is 13.0 Å². The van der Waals surface area contributed by atoms with Gasteiger partial charge in [-0.25, -0.2) is 4.39 Å². The fraction of sp³-hybridized carbons (Fsp3) is 0.417. The molecule has 1 aromatic carbocycles. The Labute approximate surface area is 113 Å². The molecule has 20 heavy (non-hydrogen) atoms. The van der Waals surface area contributed by atoms with Gasteiger partial charge in [-0.3, -0.25) is 14.9 Å². The zero-order chi connectivity index (χ0) is 15.4. The summed E-state index contributed by atoms with van der Waals surface area (Å²) in [5, 5.41) is 19.5. The van der Waals surface area contributed by atoms with E-state index in [1.165, 1.54) is 14.0 Å². The number of amides is 1. The predicted molar refractivity (Wildman–Crippen MR) is 66.3 cm³/mol. The summed E-state index contributed by atoms with van der Waals surface area (Å²) in [7, 11) is 1.36. The number of nitro groups is 1. The SMILES string of the molecule is CC(O)CCN(C)C(=O)c1cc(F)c([N+](=O)[O-])cc1F. The Morgan fingerprint density at radius 3 is 2.55 bits per heavy atom. The smallest absolute Gasteiger partial charge is 0.307 e. The molecule has 6 nitrogen and oxygen atoms in total. The first kappa shape index (κ1) is 16.0. The van der Waals surface area contributed by atoms with E-state index >= 15 is 0 Å². The molecule has 0 spiro atoms. The number of rotatable bonds is 5. The van der Waals surface area contributed by atoms with Crippen LogP contribution in [0.2, 0.25) is 0 Å². The Morgan fingerprint density at radius 1 is 1.45 bits per heavy atom. The predicted octanol–water partition coefficient (Wildman–Crippen LogP) is 1.72. The van der Waals surface area contributed by atoms with E-state index in [1.54, 1.807) is 0 Å². The molecule has 1 rings (SSSR count). The second-order valence-corrected chi connectivity index (χ2v) is 4.40. The molecule has 0 radical (unpaired) electrons. The van der Waals surface area contributed by atoms with Crippen LogP contribution in [0.25, 0.3) is 0 Å². The fourth-order valence-electron chi connectivity index (χ4n) is 1.53. The van der Waals surface area contributed by atoms with Gasteiger partial charge in [0, 0.05) is 13.6 Å². The third kappa shape index (κ3) is 3.70. The minimum atomic E-state index is -1.27. The Kier molecular flexibility index (Phi) is 5.09. The lowest BCUT2D eigenvalue weighted by atomic mass is 10.1. The number of halogens is 2. The Bertz CT molecular complexity index is 534. The van der Waals surface area contributed by atoms with Crippen molar-refractivity contribution in [3.8, 4) is 0 Å². The van der Waals surface area contributed by atoms with Crippen molar-refractivity contribution >= 4 is 11.6 Å². The van der Waals surface area contributed by atoms with Crippen molar-refractivity contribution in [2.45, 2.75) is 19.4 Å². The molecule has 0 aliphatic heterocycles. The molecule has 0 saturated heterocycles. The Balaban J connectivity index is 2.99. The van der Waals surface area contributed by atoms with Gasteiger partial charge in [-0.2, -0.15) is 4.39 Å². The third-order valence-electron chi connectivity index (χ3n) is 2.69. The van der Waals surface area contributed by atoms with Gasteiger partial charge in [-0.05, 0) is 19.4 Å². The van der Waals surface area contributed by atoms with E-state index in [1.807, 2.05) is 0 Å². The maximum Gasteiger partial charge on any atom is 0.307 e. The first-order chi connectivity index (χ1) is 9.23. The fourth-order valence-corrected chi connectivity index (χ4v) is 1.53. The van der Waals surface area contributed by atoms with E-state index in [2.05, 4.69) is 0 Å². The molecular weight excluding hydrogens is 274 g/mol. The van der Waals surface area contributed by atoms with Crippen LogP contribution >= 0.6 is 0 Å². The van der Waals surface area contributed by atoms with Crippen molar-refractivity contribution in [2.75, 3.05) is 13.6 Å². The largest absolute Gasteiger partial charge is 0.393 e. The molecule has 0 aliphatic rings. The normalized spacial score (nSPS) is 12.1. The van der Waals surface area contributed by atoms with Gasteiger partial charge < -0.3 is 10.0 Å². The summed E-state index contributed by atoms with van der Waals surface area (Å²) < 4.78 is 27.0. The average Bonchev–Trinajstić information content (AvgIpc) is 2.36. The lowest BCUT2D eigenvalue weighted by molar-refractivity contribution is -0.387. The number of benzene rings is 1. The van der Waals surface area contributed by atoms with Crippen molar-refractivity contribution in [3.05, 3.63) is 39.4 Å². The van der Waals surface area contributed by atoms with E-state index in [0.29, 0.717) is 12.1 Å². The maximum atomic E-state index is 13.6. The van der Waals surface area contributed by atoms with Crippen molar-refractivity contribution < 1.29 is 23.6 Å². The first-order valence-electron chi connectivity index (χ1n) is 5.81. The van der Waals surface area contributed by atoms with E-state index in [0.717, 1.165) is 4.90 Å².